The number of para-hydroxylation sites is 1. The standard InChI is InChI=1S/C17H25N3O/c1-12(2)15-10-9-13(3)11-16(15)19-20-17(21)18-14-7-5-4-6-8-14/h4-8,12-13,15H,9-11H2,1-3H3,(H2,18,20,21)/t13-,15+/m1/s1. The number of rotatable bonds is 3. The molecule has 0 aromatic heterocycles. The van der Waals surface area contributed by atoms with Crippen LogP contribution in [0.2, 0.25) is 0 Å². The Hall–Kier alpha value is -1.84. The lowest BCUT2D eigenvalue weighted by Crippen LogP contribution is -2.32. The van der Waals surface area contributed by atoms with E-state index < -0.39 is 0 Å². The maximum absolute atomic E-state index is 11.9. The number of hydrazone groups is 1. The van der Waals surface area contributed by atoms with E-state index in [4.69, 9.17) is 0 Å². The van der Waals surface area contributed by atoms with Crippen molar-refractivity contribution >= 4 is 17.4 Å². The van der Waals surface area contributed by atoms with Gasteiger partial charge in [-0.25, -0.2) is 10.2 Å². The SMILES string of the molecule is CC(C)[C@@H]1CC[C@@H](C)CC1=NNC(=O)Nc1ccccc1. The van der Waals surface area contributed by atoms with Gasteiger partial charge in [-0.15, -0.1) is 0 Å². The number of benzene rings is 1. The molecular formula is C17H25N3O. The van der Waals surface area contributed by atoms with Gasteiger partial charge in [0, 0.05) is 17.3 Å². The molecule has 0 bridgehead atoms. The Labute approximate surface area is 127 Å². The van der Waals surface area contributed by atoms with Crippen LogP contribution >= 0.6 is 0 Å². The van der Waals surface area contributed by atoms with E-state index >= 15 is 0 Å². The van der Waals surface area contributed by atoms with Crippen LogP contribution in [0.4, 0.5) is 10.5 Å². The first-order valence-corrected chi connectivity index (χ1v) is 7.74. The van der Waals surface area contributed by atoms with Gasteiger partial charge in [0.15, 0.2) is 0 Å². The number of carbonyl (C=O) groups is 1. The summed E-state index contributed by atoms with van der Waals surface area (Å²) in [5, 5.41) is 7.17. The molecule has 114 valence electrons. The van der Waals surface area contributed by atoms with Crippen molar-refractivity contribution in [1.82, 2.24) is 5.43 Å². The number of nitrogens with one attached hydrogen (secondary N) is 2. The van der Waals surface area contributed by atoms with Crippen molar-refractivity contribution in [3.63, 3.8) is 0 Å². The zero-order valence-electron chi connectivity index (χ0n) is 13.1. The summed E-state index contributed by atoms with van der Waals surface area (Å²) in [4.78, 5) is 11.9. The molecule has 4 nitrogen and oxygen atoms in total. The summed E-state index contributed by atoms with van der Waals surface area (Å²) in [6.45, 7) is 6.69. The molecule has 1 aromatic rings. The molecule has 2 atom stereocenters. The van der Waals surface area contributed by atoms with Crippen LogP contribution in [0.15, 0.2) is 35.4 Å². The highest BCUT2D eigenvalue weighted by molar-refractivity contribution is 5.92. The average Bonchev–Trinajstić information content (AvgIpc) is 2.46. The van der Waals surface area contributed by atoms with Gasteiger partial charge in [-0.2, -0.15) is 5.10 Å². The van der Waals surface area contributed by atoms with Crippen molar-refractivity contribution < 1.29 is 4.79 Å². The van der Waals surface area contributed by atoms with Gasteiger partial charge in [0.25, 0.3) is 0 Å². The fraction of sp³-hybridized carbons (Fsp3) is 0.529. The van der Waals surface area contributed by atoms with Crippen molar-refractivity contribution in [2.24, 2.45) is 22.9 Å². The number of urea groups is 1. The molecule has 0 saturated heterocycles. The molecule has 1 aliphatic carbocycles. The van der Waals surface area contributed by atoms with Crippen LogP contribution in [0, 0.1) is 17.8 Å². The molecule has 0 unspecified atom stereocenters. The van der Waals surface area contributed by atoms with E-state index in [1.54, 1.807) is 0 Å². The fourth-order valence-electron chi connectivity index (χ4n) is 2.89. The second-order valence-corrected chi connectivity index (χ2v) is 6.27. The molecular weight excluding hydrogens is 262 g/mol. The van der Waals surface area contributed by atoms with Crippen LogP contribution in [-0.2, 0) is 0 Å². The molecule has 1 aliphatic rings. The van der Waals surface area contributed by atoms with Crippen LogP contribution < -0.4 is 10.7 Å². The lowest BCUT2D eigenvalue weighted by molar-refractivity contribution is 0.252. The molecule has 2 amide bonds. The fourth-order valence-corrected chi connectivity index (χ4v) is 2.89. The Bertz CT molecular complexity index is 496. The van der Waals surface area contributed by atoms with E-state index in [0.29, 0.717) is 17.8 Å². The molecule has 4 heteroatoms. The van der Waals surface area contributed by atoms with E-state index in [-0.39, 0.29) is 6.03 Å². The Balaban J connectivity index is 1.96. The summed E-state index contributed by atoms with van der Waals surface area (Å²) >= 11 is 0. The van der Waals surface area contributed by atoms with Gasteiger partial charge in [0.2, 0.25) is 0 Å². The number of nitrogens with zero attached hydrogens (tertiary/aromatic N) is 1. The molecule has 2 N–H and O–H groups in total. The van der Waals surface area contributed by atoms with Gasteiger partial charge < -0.3 is 5.32 Å². The van der Waals surface area contributed by atoms with Gasteiger partial charge in [-0.05, 0) is 43.2 Å². The highest BCUT2D eigenvalue weighted by Crippen LogP contribution is 2.31. The lowest BCUT2D eigenvalue weighted by Gasteiger charge is -2.30. The molecule has 1 saturated carbocycles. The minimum Gasteiger partial charge on any atom is -0.307 e. The third-order valence-corrected chi connectivity index (χ3v) is 4.09. The van der Waals surface area contributed by atoms with Crippen LogP contribution in [0.5, 0.6) is 0 Å². The molecule has 1 aromatic carbocycles. The minimum absolute atomic E-state index is 0.283. The van der Waals surface area contributed by atoms with E-state index in [2.05, 4.69) is 36.6 Å². The normalized spacial score (nSPS) is 24.1. The summed E-state index contributed by atoms with van der Waals surface area (Å²) in [5.41, 5.74) is 4.55. The molecule has 1 fully saturated rings. The third-order valence-electron chi connectivity index (χ3n) is 4.09. The second kappa shape index (κ2) is 7.25. The van der Waals surface area contributed by atoms with E-state index in [1.807, 2.05) is 30.3 Å². The van der Waals surface area contributed by atoms with Crippen LogP contribution in [0.3, 0.4) is 0 Å². The van der Waals surface area contributed by atoms with Gasteiger partial charge >= 0.3 is 6.03 Å². The lowest BCUT2D eigenvalue weighted by atomic mass is 9.76. The summed E-state index contributed by atoms with van der Waals surface area (Å²) in [6, 6.07) is 9.12. The molecule has 0 aliphatic heterocycles. The van der Waals surface area contributed by atoms with Gasteiger partial charge in [0.05, 0.1) is 0 Å². The van der Waals surface area contributed by atoms with Gasteiger partial charge in [0.1, 0.15) is 0 Å². The third kappa shape index (κ3) is 4.59. The quantitative estimate of drug-likeness (QED) is 0.802. The van der Waals surface area contributed by atoms with Crippen molar-refractivity contribution in [2.45, 2.75) is 40.0 Å². The number of carbonyl (C=O) groups excluding carboxylic acids is 1. The maximum atomic E-state index is 11.9. The molecule has 2 rings (SSSR count). The average molecular weight is 287 g/mol. The topological polar surface area (TPSA) is 53.5 Å². The smallest absolute Gasteiger partial charge is 0.307 e. The first kappa shape index (κ1) is 15.5. The summed E-state index contributed by atoms with van der Waals surface area (Å²) in [5.74, 6) is 1.70. The Morgan fingerprint density at radius 3 is 2.62 bits per heavy atom. The van der Waals surface area contributed by atoms with Gasteiger partial charge in [-0.1, -0.05) is 39.0 Å². The Morgan fingerprint density at radius 2 is 1.95 bits per heavy atom. The first-order valence-electron chi connectivity index (χ1n) is 7.74. The number of anilines is 1. The largest absolute Gasteiger partial charge is 0.339 e. The highest BCUT2D eigenvalue weighted by Gasteiger charge is 2.27. The van der Waals surface area contributed by atoms with E-state index in [1.165, 1.54) is 12.8 Å². The predicted octanol–water partition coefficient (Wildman–Crippen LogP) is 4.26. The minimum atomic E-state index is -0.283. The van der Waals surface area contributed by atoms with Crippen molar-refractivity contribution in [3.05, 3.63) is 30.3 Å². The Kier molecular flexibility index (Phi) is 5.37. The molecule has 0 spiro atoms. The van der Waals surface area contributed by atoms with E-state index in [0.717, 1.165) is 17.8 Å². The zero-order chi connectivity index (χ0) is 15.2. The van der Waals surface area contributed by atoms with Crippen LogP contribution in [-0.4, -0.2) is 11.7 Å². The number of amides is 2. The molecule has 21 heavy (non-hydrogen) atoms. The number of hydrogen-bond acceptors (Lipinski definition) is 2. The van der Waals surface area contributed by atoms with Crippen molar-refractivity contribution in [2.75, 3.05) is 5.32 Å². The first-order chi connectivity index (χ1) is 10.1. The molecule has 0 heterocycles. The van der Waals surface area contributed by atoms with Gasteiger partial charge in [-0.3, -0.25) is 0 Å². The summed E-state index contributed by atoms with van der Waals surface area (Å²) in [7, 11) is 0. The molecule has 0 radical (unpaired) electrons. The second-order valence-electron chi connectivity index (χ2n) is 6.27. The predicted molar refractivity (Wildman–Crippen MR) is 87.4 cm³/mol. The van der Waals surface area contributed by atoms with Crippen molar-refractivity contribution in [3.8, 4) is 0 Å². The number of hydrogen-bond donors (Lipinski definition) is 2. The van der Waals surface area contributed by atoms with Crippen molar-refractivity contribution in [1.29, 1.82) is 0 Å². The summed E-state index contributed by atoms with van der Waals surface area (Å²) in [6.07, 6.45) is 3.40. The zero-order valence-corrected chi connectivity index (χ0v) is 13.1. The van der Waals surface area contributed by atoms with Crippen LogP contribution in [0.1, 0.15) is 40.0 Å². The monoisotopic (exact) mass is 287 g/mol. The van der Waals surface area contributed by atoms with E-state index in [9.17, 15) is 4.79 Å². The maximum Gasteiger partial charge on any atom is 0.339 e. The highest BCUT2D eigenvalue weighted by atomic mass is 16.2. The van der Waals surface area contributed by atoms with Crippen LogP contribution in [0.25, 0.3) is 0 Å². The Morgan fingerprint density at radius 1 is 1.24 bits per heavy atom. The summed E-state index contributed by atoms with van der Waals surface area (Å²) < 4.78 is 0.